The van der Waals surface area contributed by atoms with Crippen molar-refractivity contribution in [3.63, 3.8) is 0 Å². The van der Waals surface area contributed by atoms with E-state index in [-0.39, 0.29) is 35.4 Å². The fourth-order valence-corrected chi connectivity index (χ4v) is 2.70. The molecule has 2 rings (SSSR count). The first-order valence-corrected chi connectivity index (χ1v) is 7.37. The van der Waals surface area contributed by atoms with Crippen molar-refractivity contribution in [2.45, 2.75) is 13.3 Å². The molecule has 1 amide bonds. The van der Waals surface area contributed by atoms with Crippen LogP contribution in [0.3, 0.4) is 0 Å². The predicted molar refractivity (Wildman–Crippen MR) is 79.0 cm³/mol. The van der Waals surface area contributed by atoms with E-state index in [0.29, 0.717) is 19.0 Å². The molecule has 21 heavy (non-hydrogen) atoms. The standard InChI is InChI=1S/C14H17ClN2O4/c1-2-21-13-11(4-3-5-12(13)17(19)20)14(18)16-7-6-10(8-15)9-16/h3-5,10H,2,6-9H2,1H3. The van der Waals surface area contributed by atoms with Gasteiger partial charge < -0.3 is 9.64 Å². The molecule has 1 unspecified atom stereocenters. The zero-order valence-electron chi connectivity index (χ0n) is 11.8. The molecule has 0 aromatic heterocycles. The number of rotatable bonds is 5. The summed E-state index contributed by atoms with van der Waals surface area (Å²) in [6.45, 7) is 3.18. The maximum Gasteiger partial charge on any atom is 0.311 e. The lowest BCUT2D eigenvalue weighted by atomic mass is 10.1. The van der Waals surface area contributed by atoms with Gasteiger partial charge in [-0.05, 0) is 25.3 Å². The second-order valence-electron chi connectivity index (χ2n) is 4.90. The number of nitrogens with zero attached hydrogens (tertiary/aromatic N) is 2. The number of carbonyl (C=O) groups excluding carboxylic acids is 1. The highest BCUT2D eigenvalue weighted by atomic mass is 35.5. The average molecular weight is 313 g/mol. The Bertz CT molecular complexity index is 550. The van der Waals surface area contributed by atoms with E-state index >= 15 is 0 Å². The van der Waals surface area contributed by atoms with Crippen molar-refractivity contribution >= 4 is 23.2 Å². The molecular weight excluding hydrogens is 296 g/mol. The van der Waals surface area contributed by atoms with Gasteiger partial charge in [-0.3, -0.25) is 14.9 Å². The number of ether oxygens (including phenoxy) is 1. The number of para-hydroxylation sites is 1. The SMILES string of the molecule is CCOc1c(C(=O)N2CCC(CCl)C2)cccc1[N+](=O)[O-]. The van der Waals surface area contributed by atoms with Crippen LogP contribution in [0.2, 0.25) is 0 Å². The highest BCUT2D eigenvalue weighted by molar-refractivity contribution is 6.18. The van der Waals surface area contributed by atoms with E-state index in [9.17, 15) is 14.9 Å². The Kier molecular flexibility index (Phi) is 5.01. The van der Waals surface area contributed by atoms with Gasteiger partial charge in [-0.25, -0.2) is 0 Å². The van der Waals surface area contributed by atoms with Crippen molar-refractivity contribution in [3.05, 3.63) is 33.9 Å². The van der Waals surface area contributed by atoms with E-state index in [1.54, 1.807) is 17.9 Å². The van der Waals surface area contributed by atoms with Crippen LogP contribution in [-0.2, 0) is 0 Å². The van der Waals surface area contributed by atoms with Gasteiger partial charge in [-0.2, -0.15) is 0 Å². The Morgan fingerprint density at radius 1 is 1.57 bits per heavy atom. The minimum atomic E-state index is -0.534. The van der Waals surface area contributed by atoms with E-state index in [0.717, 1.165) is 6.42 Å². The number of alkyl halides is 1. The van der Waals surface area contributed by atoms with E-state index in [1.165, 1.54) is 12.1 Å². The molecule has 6 nitrogen and oxygen atoms in total. The summed E-state index contributed by atoms with van der Waals surface area (Å²) in [7, 11) is 0. The van der Waals surface area contributed by atoms with Crippen LogP contribution in [0.1, 0.15) is 23.7 Å². The van der Waals surface area contributed by atoms with Gasteiger partial charge >= 0.3 is 5.69 Å². The number of benzene rings is 1. The largest absolute Gasteiger partial charge is 0.487 e. The first-order chi connectivity index (χ1) is 10.1. The third kappa shape index (κ3) is 3.26. The molecule has 0 saturated carbocycles. The van der Waals surface area contributed by atoms with Crippen molar-refractivity contribution in [3.8, 4) is 5.75 Å². The molecule has 1 saturated heterocycles. The van der Waals surface area contributed by atoms with Crippen LogP contribution < -0.4 is 4.74 Å². The molecule has 0 bridgehead atoms. The Morgan fingerprint density at radius 3 is 2.90 bits per heavy atom. The van der Waals surface area contributed by atoms with Crippen LogP contribution in [-0.4, -0.2) is 41.3 Å². The third-order valence-corrected chi connectivity index (χ3v) is 3.94. The number of hydrogen-bond acceptors (Lipinski definition) is 4. The Morgan fingerprint density at radius 2 is 2.33 bits per heavy atom. The fourth-order valence-electron chi connectivity index (χ4n) is 2.45. The van der Waals surface area contributed by atoms with Gasteiger partial charge in [0.05, 0.1) is 17.1 Å². The van der Waals surface area contributed by atoms with E-state index < -0.39 is 4.92 Å². The van der Waals surface area contributed by atoms with Gasteiger partial charge in [0.15, 0.2) is 0 Å². The summed E-state index contributed by atoms with van der Waals surface area (Å²) in [5.41, 5.74) is 0.0528. The summed E-state index contributed by atoms with van der Waals surface area (Å²) in [5.74, 6) is 0.598. The number of nitro benzene ring substituents is 1. The molecule has 114 valence electrons. The summed E-state index contributed by atoms with van der Waals surface area (Å²) in [6, 6.07) is 4.41. The lowest BCUT2D eigenvalue weighted by Crippen LogP contribution is -2.29. The fraction of sp³-hybridized carbons (Fsp3) is 0.500. The van der Waals surface area contributed by atoms with Gasteiger partial charge in [0, 0.05) is 25.0 Å². The smallest absolute Gasteiger partial charge is 0.311 e. The second-order valence-corrected chi connectivity index (χ2v) is 5.21. The molecule has 0 radical (unpaired) electrons. The van der Waals surface area contributed by atoms with Crippen LogP contribution in [0.25, 0.3) is 0 Å². The summed E-state index contributed by atoms with van der Waals surface area (Å²) in [5, 5.41) is 11.1. The summed E-state index contributed by atoms with van der Waals surface area (Å²) in [6.07, 6.45) is 0.855. The minimum absolute atomic E-state index is 0.0457. The molecule has 0 N–H and O–H groups in total. The molecule has 1 aromatic rings. The monoisotopic (exact) mass is 312 g/mol. The number of halogens is 1. The quantitative estimate of drug-likeness (QED) is 0.476. The predicted octanol–water partition coefficient (Wildman–Crippen LogP) is 2.69. The van der Waals surface area contributed by atoms with Gasteiger partial charge in [-0.15, -0.1) is 11.6 Å². The van der Waals surface area contributed by atoms with Crippen molar-refractivity contribution in [2.75, 3.05) is 25.6 Å². The number of nitro groups is 1. The number of amides is 1. The van der Waals surface area contributed by atoms with E-state index in [1.807, 2.05) is 0 Å². The molecule has 1 fully saturated rings. The third-order valence-electron chi connectivity index (χ3n) is 3.50. The van der Waals surface area contributed by atoms with Crippen molar-refractivity contribution in [1.29, 1.82) is 0 Å². The molecule has 1 aliphatic rings. The topological polar surface area (TPSA) is 72.7 Å². The van der Waals surface area contributed by atoms with Crippen LogP contribution in [0.4, 0.5) is 5.69 Å². The highest BCUT2D eigenvalue weighted by Gasteiger charge is 2.30. The first kappa shape index (κ1) is 15.6. The Balaban J connectivity index is 2.32. The van der Waals surface area contributed by atoms with Gasteiger partial charge in [0.25, 0.3) is 5.91 Å². The number of likely N-dealkylation sites (tertiary alicyclic amines) is 1. The number of hydrogen-bond donors (Lipinski definition) is 0. The van der Waals surface area contributed by atoms with Crippen LogP contribution >= 0.6 is 11.6 Å². The average Bonchev–Trinajstić information content (AvgIpc) is 2.95. The summed E-state index contributed by atoms with van der Waals surface area (Å²) in [4.78, 5) is 24.8. The van der Waals surface area contributed by atoms with Crippen molar-refractivity contribution < 1.29 is 14.5 Å². The van der Waals surface area contributed by atoms with Crippen LogP contribution in [0.5, 0.6) is 5.75 Å². The maximum atomic E-state index is 12.6. The summed E-state index contributed by atoms with van der Waals surface area (Å²) >= 11 is 5.82. The van der Waals surface area contributed by atoms with Crippen molar-refractivity contribution in [1.82, 2.24) is 4.90 Å². The lowest BCUT2D eigenvalue weighted by Gasteiger charge is -2.18. The highest BCUT2D eigenvalue weighted by Crippen LogP contribution is 2.32. The number of carbonyl (C=O) groups is 1. The zero-order valence-corrected chi connectivity index (χ0v) is 12.5. The Labute approximate surface area is 127 Å². The Hall–Kier alpha value is -1.82. The van der Waals surface area contributed by atoms with Gasteiger partial charge in [0.2, 0.25) is 5.75 Å². The molecule has 1 atom stereocenters. The first-order valence-electron chi connectivity index (χ1n) is 6.83. The van der Waals surface area contributed by atoms with Crippen LogP contribution in [0.15, 0.2) is 18.2 Å². The minimum Gasteiger partial charge on any atom is -0.487 e. The molecule has 0 aliphatic carbocycles. The lowest BCUT2D eigenvalue weighted by molar-refractivity contribution is -0.385. The maximum absolute atomic E-state index is 12.6. The van der Waals surface area contributed by atoms with Crippen molar-refractivity contribution in [2.24, 2.45) is 5.92 Å². The van der Waals surface area contributed by atoms with E-state index in [2.05, 4.69) is 0 Å². The van der Waals surface area contributed by atoms with E-state index in [4.69, 9.17) is 16.3 Å². The normalized spacial score (nSPS) is 17.8. The molecule has 7 heteroatoms. The molecule has 1 aliphatic heterocycles. The van der Waals surface area contributed by atoms with Crippen LogP contribution in [0, 0.1) is 16.0 Å². The second kappa shape index (κ2) is 6.76. The molecule has 1 aromatic carbocycles. The molecule has 0 spiro atoms. The molecule has 1 heterocycles. The van der Waals surface area contributed by atoms with Gasteiger partial charge in [0.1, 0.15) is 0 Å². The molecular formula is C14H17ClN2O4. The summed E-state index contributed by atoms with van der Waals surface area (Å²) < 4.78 is 5.35. The zero-order chi connectivity index (χ0) is 15.4. The van der Waals surface area contributed by atoms with Gasteiger partial charge in [-0.1, -0.05) is 6.07 Å².